The average Bonchev–Trinajstić information content (AvgIpc) is 2.45. The molecule has 0 aliphatic heterocycles. The number of carbonyl (C=O) groups excluding carboxylic acids is 1. The summed E-state index contributed by atoms with van der Waals surface area (Å²) in [5, 5.41) is 0. The Kier molecular flexibility index (Phi) is 3.97. The number of hydrogen-bond donors (Lipinski definition) is 0. The molecular formula is C15H12F3NO2. The minimum atomic E-state index is -4.49. The summed E-state index contributed by atoms with van der Waals surface area (Å²) in [5.74, 6) is -0.540. The van der Waals surface area contributed by atoms with Crippen molar-refractivity contribution in [3.8, 4) is 11.3 Å². The summed E-state index contributed by atoms with van der Waals surface area (Å²) in [6, 6.07) is 6.57. The van der Waals surface area contributed by atoms with Crippen LogP contribution in [-0.4, -0.2) is 18.1 Å². The number of pyridine rings is 1. The monoisotopic (exact) mass is 295 g/mol. The van der Waals surface area contributed by atoms with E-state index in [0.717, 1.165) is 6.07 Å². The molecule has 2 rings (SSSR count). The minimum Gasteiger partial charge on any atom is -0.465 e. The van der Waals surface area contributed by atoms with Gasteiger partial charge in [0.1, 0.15) is 0 Å². The SMILES string of the molecule is COC(=O)c1ccc(-c2ncccc2C(F)(F)F)c(C)c1. The Morgan fingerprint density at radius 2 is 1.95 bits per heavy atom. The van der Waals surface area contributed by atoms with E-state index in [9.17, 15) is 18.0 Å². The molecule has 0 spiro atoms. The lowest BCUT2D eigenvalue weighted by Crippen LogP contribution is -2.09. The van der Waals surface area contributed by atoms with Gasteiger partial charge in [0.2, 0.25) is 0 Å². The zero-order chi connectivity index (χ0) is 15.6. The number of hydrogen-bond acceptors (Lipinski definition) is 3. The molecule has 0 amide bonds. The van der Waals surface area contributed by atoms with Gasteiger partial charge in [-0.1, -0.05) is 6.07 Å². The molecule has 0 aliphatic carbocycles. The Morgan fingerprint density at radius 1 is 1.24 bits per heavy atom. The summed E-state index contributed by atoms with van der Waals surface area (Å²) in [5.41, 5.74) is 0.166. The number of esters is 1. The van der Waals surface area contributed by atoms with Crippen LogP contribution < -0.4 is 0 Å². The normalized spacial score (nSPS) is 11.3. The van der Waals surface area contributed by atoms with E-state index >= 15 is 0 Å². The van der Waals surface area contributed by atoms with Crippen LogP contribution in [0.25, 0.3) is 11.3 Å². The second kappa shape index (κ2) is 5.55. The van der Waals surface area contributed by atoms with Crippen LogP contribution in [0.1, 0.15) is 21.5 Å². The first-order chi connectivity index (χ1) is 9.84. The van der Waals surface area contributed by atoms with Crippen LogP contribution in [0.2, 0.25) is 0 Å². The van der Waals surface area contributed by atoms with Crippen molar-refractivity contribution in [1.82, 2.24) is 4.98 Å². The number of carbonyl (C=O) groups is 1. The van der Waals surface area contributed by atoms with Gasteiger partial charge in [-0.2, -0.15) is 13.2 Å². The first kappa shape index (κ1) is 15.0. The molecule has 1 aromatic heterocycles. The summed E-state index contributed by atoms with van der Waals surface area (Å²) in [7, 11) is 1.24. The predicted molar refractivity (Wildman–Crippen MR) is 70.8 cm³/mol. The number of aromatic nitrogens is 1. The zero-order valence-corrected chi connectivity index (χ0v) is 11.4. The van der Waals surface area contributed by atoms with E-state index < -0.39 is 17.7 Å². The quantitative estimate of drug-likeness (QED) is 0.790. The number of benzene rings is 1. The molecule has 1 aromatic carbocycles. The van der Waals surface area contributed by atoms with E-state index in [0.29, 0.717) is 11.1 Å². The van der Waals surface area contributed by atoms with Crippen molar-refractivity contribution in [3.05, 3.63) is 53.2 Å². The number of halogens is 3. The molecule has 0 saturated carbocycles. The fraction of sp³-hybridized carbons (Fsp3) is 0.200. The number of alkyl halides is 3. The summed E-state index contributed by atoms with van der Waals surface area (Å²) in [6.07, 6.45) is -3.19. The third-order valence-electron chi connectivity index (χ3n) is 3.02. The van der Waals surface area contributed by atoms with Crippen LogP contribution in [0.15, 0.2) is 36.5 Å². The van der Waals surface area contributed by atoms with Crippen molar-refractivity contribution in [1.29, 1.82) is 0 Å². The largest absolute Gasteiger partial charge is 0.465 e. The predicted octanol–water partition coefficient (Wildman–Crippen LogP) is 3.86. The van der Waals surface area contributed by atoms with E-state index in [4.69, 9.17) is 0 Å². The standard InChI is InChI=1S/C15H12F3NO2/c1-9-8-10(14(20)21-2)5-6-11(9)13-12(15(16,17)18)4-3-7-19-13/h3-8H,1-2H3. The van der Waals surface area contributed by atoms with Gasteiger partial charge in [-0.25, -0.2) is 4.79 Å². The van der Waals surface area contributed by atoms with E-state index in [1.54, 1.807) is 6.92 Å². The zero-order valence-electron chi connectivity index (χ0n) is 11.4. The smallest absolute Gasteiger partial charge is 0.418 e. The Bertz CT molecular complexity index is 681. The summed E-state index contributed by atoms with van der Waals surface area (Å²) in [4.78, 5) is 15.3. The first-order valence-corrected chi connectivity index (χ1v) is 6.06. The number of nitrogens with zero attached hydrogens (tertiary/aromatic N) is 1. The van der Waals surface area contributed by atoms with Gasteiger partial charge in [-0.15, -0.1) is 0 Å². The molecule has 110 valence electrons. The fourth-order valence-electron chi connectivity index (χ4n) is 2.02. The minimum absolute atomic E-state index is 0.154. The van der Waals surface area contributed by atoms with Crippen LogP contribution in [0.4, 0.5) is 13.2 Å². The van der Waals surface area contributed by atoms with E-state index in [1.807, 2.05) is 0 Å². The third kappa shape index (κ3) is 3.04. The van der Waals surface area contributed by atoms with Gasteiger partial charge in [0.25, 0.3) is 0 Å². The molecule has 1 heterocycles. The topological polar surface area (TPSA) is 39.2 Å². The molecule has 0 radical (unpaired) electrons. The molecule has 0 fully saturated rings. The molecule has 6 heteroatoms. The molecule has 2 aromatic rings. The van der Waals surface area contributed by atoms with E-state index in [-0.39, 0.29) is 11.3 Å². The Morgan fingerprint density at radius 3 is 2.52 bits per heavy atom. The second-order valence-corrected chi connectivity index (χ2v) is 4.42. The van der Waals surface area contributed by atoms with Gasteiger partial charge in [0, 0.05) is 11.8 Å². The van der Waals surface area contributed by atoms with E-state index in [2.05, 4.69) is 9.72 Å². The second-order valence-electron chi connectivity index (χ2n) is 4.42. The van der Waals surface area contributed by atoms with Crippen molar-refractivity contribution in [2.45, 2.75) is 13.1 Å². The van der Waals surface area contributed by atoms with Gasteiger partial charge < -0.3 is 4.74 Å². The highest BCUT2D eigenvalue weighted by Gasteiger charge is 2.34. The molecule has 0 aliphatic rings. The maximum absolute atomic E-state index is 13.0. The highest BCUT2D eigenvalue weighted by molar-refractivity contribution is 5.90. The lowest BCUT2D eigenvalue weighted by molar-refractivity contribution is -0.137. The van der Waals surface area contributed by atoms with Crippen LogP contribution >= 0.6 is 0 Å². The molecule has 0 N–H and O–H groups in total. The lowest BCUT2D eigenvalue weighted by Gasteiger charge is -2.13. The van der Waals surface area contributed by atoms with Crippen LogP contribution in [0.3, 0.4) is 0 Å². The van der Waals surface area contributed by atoms with Gasteiger partial charge in [-0.05, 0) is 36.8 Å². The molecular weight excluding hydrogens is 283 g/mol. The molecule has 0 saturated heterocycles. The number of methoxy groups -OCH3 is 1. The number of ether oxygens (including phenoxy) is 1. The average molecular weight is 295 g/mol. The summed E-state index contributed by atoms with van der Waals surface area (Å²) < 4.78 is 43.6. The molecule has 0 atom stereocenters. The van der Waals surface area contributed by atoms with Crippen molar-refractivity contribution < 1.29 is 22.7 Å². The van der Waals surface area contributed by atoms with Crippen LogP contribution in [-0.2, 0) is 10.9 Å². The van der Waals surface area contributed by atoms with Crippen molar-refractivity contribution in [2.24, 2.45) is 0 Å². The first-order valence-electron chi connectivity index (χ1n) is 6.06. The van der Waals surface area contributed by atoms with E-state index in [1.165, 1.54) is 37.6 Å². The molecule has 21 heavy (non-hydrogen) atoms. The maximum atomic E-state index is 13.0. The van der Waals surface area contributed by atoms with Gasteiger partial charge in [0.05, 0.1) is 23.9 Å². The van der Waals surface area contributed by atoms with Crippen molar-refractivity contribution in [3.63, 3.8) is 0 Å². The Labute approximate surface area is 119 Å². The molecule has 0 unspecified atom stereocenters. The van der Waals surface area contributed by atoms with Gasteiger partial charge in [-0.3, -0.25) is 4.98 Å². The highest BCUT2D eigenvalue weighted by atomic mass is 19.4. The molecule has 0 bridgehead atoms. The van der Waals surface area contributed by atoms with Crippen LogP contribution in [0, 0.1) is 6.92 Å². The number of rotatable bonds is 2. The van der Waals surface area contributed by atoms with Crippen molar-refractivity contribution >= 4 is 5.97 Å². The summed E-state index contributed by atoms with van der Waals surface area (Å²) in [6.45, 7) is 1.62. The number of aryl methyl sites for hydroxylation is 1. The Hall–Kier alpha value is -2.37. The third-order valence-corrected chi connectivity index (χ3v) is 3.02. The maximum Gasteiger partial charge on any atom is 0.418 e. The highest BCUT2D eigenvalue weighted by Crippen LogP contribution is 2.36. The van der Waals surface area contributed by atoms with Crippen molar-refractivity contribution in [2.75, 3.05) is 7.11 Å². The summed E-state index contributed by atoms with van der Waals surface area (Å²) >= 11 is 0. The Balaban J connectivity index is 2.56. The van der Waals surface area contributed by atoms with Gasteiger partial charge >= 0.3 is 12.1 Å². The van der Waals surface area contributed by atoms with Crippen LogP contribution in [0.5, 0.6) is 0 Å². The van der Waals surface area contributed by atoms with Gasteiger partial charge in [0.15, 0.2) is 0 Å². The lowest BCUT2D eigenvalue weighted by atomic mass is 9.99. The fourth-order valence-corrected chi connectivity index (χ4v) is 2.02. The molecule has 3 nitrogen and oxygen atoms in total.